The van der Waals surface area contributed by atoms with E-state index in [1.165, 1.54) is 7.11 Å². The summed E-state index contributed by atoms with van der Waals surface area (Å²) in [6, 6.07) is 14.9. The second-order valence-corrected chi connectivity index (χ2v) is 7.43. The van der Waals surface area contributed by atoms with Gasteiger partial charge in [-0.2, -0.15) is 0 Å². The van der Waals surface area contributed by atoms with E-state index in [1.54, 1.807) is 14.2 Å². The van der Waals surface area contributed by atoms with Crippen molar-refractivity contribution >= 4 is 0 Å². The molecule has 0 aliphatic carbocycles. The maximum atomic E-state index is 11.1. The summed E-state index contributed by atoms with van der Waals surface area (Å²) < 4.78 is 39.7. The van der Waals surface area contributed by atoms with E-state index >= 15 is 0 Å². The van der Waals surface area contributed by atoms with Gasteiger partial charge in [0, 0.05) is 12.7 Å². The van der Waals surface area contributed by atoms with Gasteiger partial charge in [0.05, 0.1) is 27.4 Å². The number of aliphatic hydroxyl groups excluding tert-OH is 1. The molecule has 0 saturated carbocycles. The quantitative estimate of drug-likeness (QED) is 0.714. The highest BCUT2D eigenvalue weighted by Crippen LogP contribution is 2.35. The van der Waals surface area contributed by atoms with E-state index in [1.807, 2.05) is 48.5 Å². The molecule has 2 aliphatic heterocycles. The lowest BCUT2D eigenvalue weighted by atomic mass is 9.97. The molecule has 1 unspecified atom stereocenters. The van der Waals surface area contributed by atoms with Crippen molar-refractivity contribution in [1.29, 1.82) is 0 Å². The highest BCUT2D eigenvalue weighted by molar-refractivity contribution is 5.28. The smallest absolute Gasteiger partial charge is 0.186 e. The topological polar surface area (TPSA) is 84.8 Å². The fraction of sp³-hybridized carbons (Fsp3) is 0.478. The lowest BCUT2D eigenvalue weighted by Gasteiger charge is -2.47. The summed E-state index contributed by atoms with van der Waals surface area (Å²) in [6.07, 6.45) is -4.11. The summed E-state index contributed by atoms with van der Waals surface area (Å²) in [5, 5.41) is 11.1. The van der Waals surface area contributed by atoms with Gasteiger partial charge in [0.15, 0.2) is 12.6 Å². The molecule has 4 rings (SSSR count). The average molecular weight is 432 g/mol. The largest absolute Gasteiger partial charge is 0.497 e. The van der Waals surface area contributed by atoms with E-state index in [0.717, 1.165) is 22.6 Å². The first-order valence-electron chi connectivity index (χ1n) is 10.1. The molecule has 2 aromatic carbocycles. The second-order valence-electron chi connectivity index (χ2n) is 7.43. The molecule has 0 radical (unpaired) electrons. The van der Waals surface area contributed by atoms with Gasteiger partial charge in [-0.05, 0) is 29.8 Å². The van der Waals surface area contributed by atoms with Gasteiger partial charge in [0.2, 0.25) is 0 Å². The standard InChI is InChI=1S/C23H28O8/c1-25-16-8-4-14(5-9-16)12-28-21-19(24)20-18(30-23(21)27-3)13-29-22(31-20)15-6-10-17(26-2)11-7-15/h4-11,18-24H,12-13H2,1-3H3/t18-,19+,20-,21-,22?,23+/m1/s1. The highest BCUT2D eigenvalue weighted by atomic mass is 16.8. The molecular formula is C23H28O8. The average Bonchev–Trinajstić information content (AvgIpc) is 2.83. The molecule has 0 aromatic heterocycles. The molecular weight excluding hydrogens is 404 g/mol. The minimum Gasteiger partial charge on any atom is -0.497 e. The third-order valence-corrected chi connectivity index (χ3v) is 5.53. The summed E-state index contributed by atoms with van der Waals surface area (Å²) in [4.78, 5) is 0. The molecule has 8 heteroatoms. The molecule has 0 bridgehead atoms. The monoisotopic (exact) mass is 432 g/mol. The Kier molecular flexibility index (Phi) is 7.06. The number of hydrogen-bond acceptors (Lipinski definition) is 8. The second kappa shape index (κ2) is 9.95. The van der Waals surface area contributed by atoms with Crippen LogP contribution in [0.15, 0.2) is 48.5 Å². The molecule has 2 heterocycles. The molecule has 2 aliphatic rings. The van der Waals surface area contributed by atoms with Gasteiger partial charge in [-0.1, -0.05) is 24.3 Å². The third kappa shape index (κ3) is 4.85. The first-order chi connectivity index (χ1) is 15.1. The van der Waals surface area contributed by atoms with Crippen LogP contribution in [0.3, 0.4) is 0 Å². The summed E-state index contributed by atoms with van der Waals surface area (Å²) >= 11 is 0. The van der Waals surface area contributed by atoms with Crippen molar-refractivity contribution in [3.8, 4) is 11.5 Å². The Morgan fingerprint density at radius 2 is 1.55 bits per heavy atom. The number of benzene rings is 2. The van der Waals surface area contributed by atoms with Crippen molar-refractivity contribution in [1.82, 2.24) is 0 Å². The minimum absolute atomic E-state index is 0.267. The zero-order valence-electron chi connectivity index (χ0n) is 17.8. The van der Waals surface area contributed by atoms with E-state index in [0.29, 0.717) is 0 Å². The summed E-state index contributed by atoms with van der Waals surface area (Å²) in [5.41, 5.74) is 1.77. The Morgan fingerprint density at radius 1 is 0.903 bits per heavy atom. The van der Waals surface area contributed by atoms with Crippen molar-refractivity contribution in [3.63, 3.8) is 0 Å². The van der Waals surface area contributed by atoms with Crippen molar-refractivity contribution < 1.29 is 38.3 Å². The molecule has 6 atom stereocenters. The molecule has 1 N–H and O–H groups in total. The molecule has 8 nitrogen and oxygen atoms in total. The molecule has 2 saturated heterocycles. The number of ether oxygens (including phenoxy) is 7. The van der Waals surface area contributed by atoms with E-state index in [2.05, 4.69) is 0 Å². The van der Waals surface area contributed by atoms with Gasteiger partial charge < -0.3 is 38.3 Å². The molecule has 2 aromatic rings. The molecule has 168 valence electrons. The Labute approximate surface area is 181 Å². The molecule has 31 heavy (non-hydrogen) atoms. The van der Waals surface area contributed by atoms with Crippen LogP contribution in [0.25, 0.3) is 0 Å². The molecule has 2 fully saturated rings. The van der Waals surface area contributed by atoms with Crippen LogP contribution in [0, 0.1) is 0 Å². The van der Waals surface area contributed by atoms with Crippen LogP contribution >= 0.6 is 0 Å². The zero-order chi connectivity index (χ0) is 21.8. The summed E-state index contributed by atoms with van der Waals surface area (Å²) in [7, 11) is 4.75. The number of hydrogen-bond donors (Lipinski definition) is 1. The first-order valence-corrected chi connectivity index (χ1v) is 10.1. The fourth-order valence-electron chi connectivity index (χ4n) is 3.78. The van der Waals surface area contributed by atoms with Crippen LogP contribution in [0.4, 0.5) is 0 Å². The number of methoxy groups -OCH3 is 3. The predicted molar refractivity (Wildman–Crippen MR) is 110 cm³/mol. The van der Waals surface area contributed by atoms with Crippen LogP contribution in [0.1, 0.15) is 17.4 Å². The van der Waals surface area contributed by atoms with Gasteiger partial charge in [-0.25, -0.2) is 0 Å². The highest BCUT2D eigenvalue weighted by Gasteiger charge is 2.50. The number of fused-ring (bicyclic) bond motifs is 1. The van der Waals surface area contributed by atoms with E-state index < -0.39 is 37.0 Å². The predicted octanol–water partition coefficient (Wildman–Crippen LogP) is 2.44. The third-order valence-electron chi connectivity index (χ3n) is 5.53. The SMILES string of the molecule is COc1ccc(CO[C@H]2[C@@H](OC)O[C@@H]3COC(c4ccc(OC)cc4)O[C@H]3[C@@H]2O)cc1. The lowest BCUT2D eigenvalue weighted by molar-refractivity contribution is -0.363. The maximum Gasteiger partial charge on any atom is 0.186 e. The van der Waals surface area contributed by atoms with Crippen LogP contribution in [0.2, 0.25) is 0 Å². The van der Waals surface area contributed by atoms with Gasteiger partial charge >= 0.3 is 0 Å². The fourth-order valence-corrected chi connectivity index (χ4v) is 3.78. The van der Waals surface area contributed by atoms with Crippen molar-refractivity contribution in [2.24, 2.45) is 0 Å². The van der Waals surface area contributed by atoms with E-state index in [-0.39, 0.29) is 13.2 Å². The number of aliphatic hydroxyl groups is 1. The summed E-state index contributed by atoms with van der Waals surface area (Å²) in [5.74, 6) is 1.51. The van der Waals surface area contributed by atoms with Crippen LogP contribution in [-0.2, 0) is 30.3 Å². The first kappa shape index (κ1) is 22.0. The van der Waals surface area contributed by atoms with Crippen molar-refractivity contribution in [2.75, 3.05) is 27.9 Å². The van der Waals surface area contributed by atoms with Gasteiger partial charge in [-0.15, -0.1) is 0 Å². The Balaban J connectivity index is 1.43. The van der Waals surface area contributed by atoms with Crippen molar-refractivity contribution in [3.05, 3.63) is 59.7 Å². The Bertz CT molecular complexity index is 818. The van der Waals surface area contributed by atoms with Crippen LogP contribution < -0.4 is 9.47 Å². The number of rotatable bonds is 7. The van der Waals surface area contributed by atoms with Gasteiger partial charge in [-0.3, -0.25) is 0 Å². The van der Waals surface area contributed by atoms with Crippen LogP contribution in [-0.4, -0.2) is 63.7 Å². The Hall–Kier alpha value is -2.20. The van der Waals surface area contributed by atoms with E-state index in [4.69, 9.17) is 33.2 Å². The lowest BCUT2D eigenvalue weighted by Crippen LogP contribution is -2.62. The zero-order valence-corrected chi connectivity index (χ0v) is 17.8. The van der Waals surface area contributed by atoms with E-state index in [9.17, 15) is 5.11 Å². The Morgan fingerprint density at radius 3 is 2.16 bits per heavy atom. The van der Waals surface area contributed by atoms with Crippen molar-refractivity contribution in [2.45, 2.75) is 43.6 Å². The van der Waals surface area contributed by atoms with Gasteiger partial charge in [0.25, 0.3) is 0 Å². The normalized spacial score (nSPS) is 30.5. The van der Waals surface area contributed by atoms with Gasteiger partial charge in [0.1, 0.15) is 35.9 Å². The molecule has 0 amide bonds. The maximum absolute atomic E-state index is 11.1. The van der Waals surface area contributed by atoms with Crippen LogP contribution in [0.5, 0.6) is 11.5 Å². The summed E-state index contributed by atoms with van der Waals surface area (Å²) in [6.45, 7) is 0.550. The molecule has 0 spiro atoms. The minimum atomic E-state index is -0.952.